The van der Waals surface area contributed by atoms with Gasteiger partial charge >= 0.3 is 12.1 Å². The van der Waals surface area contributed by atoms with E-state index in [4.69, 9.17) is 9.47 Å². The van der Waals surface area contributed by atoms with E-state index in [1.807, 2.05) is 13.0 Å². The molecule has 0 saturated carbocycles. The van der Waals surface area contributed by atoms with Crippen LogP contribution in [-0.4, -0.2) is 55.2 Å². The van der Waals surface area contributed by atoms with Crippen LogP contribution in [0.25, 0.3) is 11.1 Å². The number of aromatic nitrogens is 1. The number of allylic oxidation sites excluding steroid dienone is 2. The van der Waals surface area contributed by atoms with E-state index in [2.05, 4.69) is 18.5 Å². The fourth-order valence-corrected chi connectivity index (χ4v) is 6.11. The molecule has 0 fully saturated rings. The van der Waals surface area contributed by atoms with Crippen molar-refractivity contribution in [2.24, 2.45) is 0 Å². The van der Waals surface area contributed by atoms with Crippen LogP contribution in [0.3, 0.4) is 0 Å². The zero-order chi connectivity index (χ0) is 39.6. The third kappa shape index (κ3) is 10.9. The van der Waals surface area contributed by atoms with Gasteiger partial charge in [-0.1, -0.05) is 18.2 Å². The van der Waals surface area contributed by atoms with Gasteiger partial charge in [0.25, 0.3) is 5.56 Å². The topological polar surface area (TPSA) is 89.9 Å². The van der Waals surface area contributed by atoms with Gasteiger partial charge in [0, 0.05) is 35.5 Å². The van der Waals surface area contributed by atoms with Gasteiger partial charge in [-0.25, -0.2) is 8.78 Å². The predicted octanol–water partition coefficient (Wildman–Crippen LogP) is 8.11. The number of unbranched alkanes of at least 4 members (excludes halogenated alkanes) is 1. The quantitative estimate of drug-likeness (QED) is 0.0613. The van der Waals surface area contributed by atoms with Gasteiger partial charge in [-0.15, -0.1) is 13.2 Å². The van der Waals surface area contributed by atoms with Crippen LogP contribution in [0.4, 0.5) is 22.0 Å². The maximum atomic E-state index is 16.9. The van der Waals surface area contributed by atoms with Crippen LogP contribution >= 0.6 is 0 Å². The number of nitrogens with zero attached hydrogens (tertiary/aromatic N) is 2. The lowest BCUT2D eigenvalue weighted by Gasteiger charge is -2.26. The number of hydrogen-bond acceptors (Lipinski definition) is 6. The van der Waals surface area contributed by atoms with Crippen molar-refractivity contribution in [1.29, 1.82) is 0 Å². The normalized spacial score (nSPS) is 12.7. The highest BCUT2D eigenvalue weighted by atomic mass is 19.4. The summed E-state index contributed by atoms with van der Waals surface area (Å²) < 4.78 is 87.1. The molecule has 288 valence electrons. The zero-order valence-corrected chi connectivity index (χ0v) is 31.1. The van der Waals surface area contributed by atoms with Crippen LogP contribution in [-0.2, 0) is 26.9 Å². The van der Waals surface area contributed by atoms with Crippen LogP contribution in [0, 0.1) is 32.4 Å². The van der Waals surface area contributed by atoms with Crippen molar-refractivity contribution in [2.45, 2.75) is 78.1 Å². The summed E-state index contributed by atoms with van der Waals surface area (Å²) in [6.07, 6.45) is -0.543. The highest BCUT2D eigenvalue weighted by Gasteiger charge is 2.36. The number of amides is 1. The fourth-order valence-electron chi connectivity index (χ4n) is 6.11. The second-order valence-corrected chi connectivity index (χ2v) is 13.1. The number of alkyl halides is 3. The Labute approximate surface area is 307 Å². The lowest BCUT2D eigenvalue weighted by atomic mass is 9.90. The van der Waals surface area contributed by atoms with Gasteiger partial charge in [-0.05, 0) is 102 Å². The largest absolute Gasteiger partial charge is 0.493 e. The molecule has 0 bridgehead atoms. The fraction of sp³-hybridized carbons (Fsp3) is 0.425. The zero-order valence-electron chi connectivity index (χ0n) is 31.1. The molecule has 2 atom stereocenters. The van der Waals surface area contributed by atoms with E-state index >= 15 is 8.78 Å². The number of likely N-dealkylation sites (N-methyl/N-ethyl adjacent to an activating group) is 1. The van der Waals surface area contributed by atoms with Crippen molar-refractivity contribution in [3.05, 3.63) is 111 Å². The number of pyridine rings is 1. The number of esters is 1. The minimum Gasteiger partial charge on any atom is -0.493 e. The summed E-state index contributed by atoms with van der Waals surface area (Å²) in [7, 11) is 3.35. The number of carbonyl (C=O) groups is 2. The lowest BCUT2D eigenvalue weighted by molar-refractivity contribution is -0.144. The van der Waals surface area contributed by atoms with Gasteiger partial charge < -0.3 is 24.3 Å². The molecule has 13 heteroatoms. The molecule has 0 radical (unpaired) electrons. The number of halogens is 5. The van der Waals surface area contributed by atoms with E-state index in [1.165, 1.54) is 19.1 Å². The lowest BCUT2D eigenvalue weighted by Crippen LogP contribution is -2.40. The average Bonchev–Trinajstić information content (AvgIpc) is 3.06. The Balaban J connectivity index is 2.22. The molecule has 0 aliphatic carbocycles. The number of carbonyl (C=O) groups excluding carboxylic acids is 2. The Morgan fingerprint density at radius 2 is 1.72 bits per heavy atom. The molecule has 3 aromatic rings. The first-order valence-electron chi connectivity index (χ1n) is 17.3. The first kappa shape index (κ1) is 42.6. The Morgan fingerprint density at radius 3 is 2.32 bits per heavy atom. The van der Waals surface area contributed by atoms with Crippen LogP contribution in [0.2, 0.25) is 0 Å². The van der Waals surface area contributed by atoms with Crippen molar-refractivity contribution in [1.82, 2.24) is 14.8 Å². The van der Waals surface area contributed by atoms with Crippen molar-refractivity contribution in [3.63, 3.8) is 0 Å². The molecule has 1 amide bonds. The summed E-state index contributed by atoms with van der Waals surface area (Å²) in [6, 6.07) is 2.15. The van der Waals surface area contributed by atoms with E-state index in [0.29, 0.717) is 42.4 Å². The van der Waals surface area contributed by atoms with Crippen LogP contribution in [0.5, 0.6) is 5.75 Å². The number of benzene rings is 2. The van der Waals surface area contributed by atoms with E-state index in [9.17, 15) is 27.6 Å². The standard InChI is InChI=1S/C40H48F5N3O5/c1-9-12-13-17-53-32-19-24(4)18-25(5)35(32)28-20-26(6)37(41)36(38(28)42)30(22-34(50)52-11-3)46-39(51)31(14-10-2)48-23-27(15-16-47(7)8)29(21-33(48)49)40(43,44)45/h9-10,18-21,23,30-31H,1-2,11-17,22H2,3-8H3,(H,46,51)/t30-,31-/m0/s1. The molecule has 1 N–H and O–H groups in total. The maximum absolute atomic E-state index is 16.9. The third-order valence-corrected chi connectivity index (χ3v) is 8.61. The summed E-state index contributed by atoms with van der Waals surface area (Å²) in [5.41, 5.74) is -1.34. The molecule has 3 rings (SSSR count). The summed E-state index contributed by atoms with van der Waals surface area (Å²) in [5, 5.41) is 2.52. The minimum absolute atomic E-state index is 0.00391. The molecular formula is C40H48F5N3O5. The summed E-state index contributed by atoms with van der Waals surface area (Å²) in [4.78, 5) is 41.8. The highest BCUT2D eigenvalue weighted by molar-refractivity contribution is 5.83. The minimum atomic E-state index is -4.84. The van der Waals surface area contributed by atoms with E-state index in [1.54, 1.807) is 45.0 Å². The van der Waals surface area contributed by atoms with Crippen molar-refractivity contribution in [3.8, 4) is 16.9 Å². The molecular weight excluding hydrogens is 697 g/mol. The summed E-state index contributed by atoms with van der Waals surface area (Å²) >= 11 is 0. The van der Waals surface area contributed by atoms with Gasteiger partial charge in [0.1, 0.15) is 23.4 Å². The molecule has 0 aliphatic heterocycles. The molecule has 0 unspecified atom stereocenters. The number of rotatable bonds is 18. The van der Waals surface area contributed by atoms with Crippen LogP contribution in [0.15, 0.2) is 60.6 Å². The molecule has 0 aliphatic rings. The SMILES string of the molecule is C=CCCCOc1cc(C)cc(C)c1-c1cc(C)c(F)c([C@H](CC(=O)OCC)NC(=O)[C@H](CC=C)n2cc(CCN(C)C)c(C(F)(F)F)cc2=O)c1F. The molecule has 0 spiro atoms. The smallest absolute Gasteiger partial charge is 0.416 e. The predicted molar refractivity (Wildman–Crippen MR) is 195 cm³/mol. The van der Waals surface area contributed by atoms with Crippen LogP contribution in [0.1, 0.15) is 78.1 Å². The van der Waals surface area contributed by atoms with Gasteiger partial charge in [0.15, 0.2) is 0 Å². The Hall–Kier alpha value is -4.78. The van der Waals surface area contributed by atoms with Gasteiger partial charge in [-0.2, -0.15) is 13.2 Å². The summed E-state index contributed by atoms with van der Waals surface area (Å²) in [5.74, 6) is -3.61. The monoisotopic (exact) mass is 745 g/mol. The third-order valence-electron chi connectivity index (χ3n) is 8.61. The van der Waals surface area contributed by atoms with E-state index < -0.39 is 64.9 Å². The molecule has 1 aromatic heterocycles. The van der Waals surface area contributed by atoms with Gasteiger partial charge in [0.2, 0.25) is 5.91 Å². The second kappa shape index (κ2) is 18.8. The number of hydrogen-bond donors (Lipinski definition) is 1. The molecule has 8 nitrogen and oxygen atoms in total. The maximum Gasteiger partial charge on any atom is 0.416 e. The second-order valence-electron chi connectivity index (χ2n) is 13.1. The Morgan fingerprint density at radius 1 is 1.02 bits per heavy atom. The number of nitrogens with one attached hydrogen (secondary N) is 1. The summed E-state index contributed by atoms with van der Waals surface area (Å²) in [6.45, 7) is 14.3. The van der Waals surface area contributed by atoms with Crippen LogP contribution < -0.4 is 15.6 Å². The molecule has 0 saturated heterocycles. The number of aryl methyl sites for hydroxylation is 3. The van der Waals surface area contributed by atoms with E-state index in [-0.39, 0.29) is 42.7 Å². The van der Waals surface area contributed by atoms with Crippen molar-refractivity contribution >= 4 is 11.9 Å². The van der Waals surface area contributed by atoms with Crippen molar-refractivity contribution in [2.75, 3.05) is 33.9 Å². The van der Waals surface area contributed by atoms with Crippen molar-refractivity contribution < 1.29 is 41.0 Å². The molecule has 53 heavy (non-hydrogen) atoms. The van der Waals surface area contributed by atoms with Gasteiger partial charge in [0.05, 0.1) is 31.2 Å². The highest BCUT2D eigenvalue weighted by Crippen LogP contribution is 2.41. The van der Waals surface area contributed by atoms with Gasteiger partial charge in [-0.3, -0.25) is 14.4 Å². The Kier molecular flexibility index (Phi) is 15.1. The Bertz CT molecular complexity index is 1870. The average molecular weight is 746 g/mol. The molecule has 1 heterocycles. The molecule has 2 aromatic carbocycles. The first-order chi connectivity index (χ1) is 24.9. The first-order valence-corrected chi connectivity index (χ1v) is 17.3. The van der Waals surface area contributed by atoms with E-state index in [0.717, 1.165) is 16.3 Å². The number of ether oxygens (including phenoxy) is 2.